The fraction of sp³-hybridized carbons (Fsp3) is 0.889. The second kappa shape index (κ2) is 5.07. The minimum absolute atomic E-state index is 0.114. The van der Waals surface area contributed by atoms with Crippen molar-refractivity contribution in [3.8, 4) is 0 Å². The Balaban J connectivity index is 2.18. The Hall–Kier alpha value is -0.770. The summed E-state index contributed by atoms with van der Waals surface area (Å²) in [5, 5.41) is 2.63. The summed E-state index contributed by atoms with van der Waals surface area (Å²) in [5.41, 5.74) is 0. The Labute approximate surface area is 79.2 Å². The fourth-order valence-corrected chi connectivity index (χ4v) is 1.44. The van der Waals surface area contributed by atoms with Crippen molar-refractivity contribution in [2.24, 2.45) is 0 Å². The molecular weight excluding hydrogens is 168 g/mol. The van der Waals surface area contributed by atoms with Gasteiger partial charge < -0.3 is 15.0 Å². The first kappa shape index (κ1) is 10.3. The molecule has 13 heavy (non-hydrogen) atoms. The van der Waals surface area contributed by atoms with E-state index in [4.69, 9.17) is 4.74 Å². The predicted octanol–water partition coefficient (Wildman–Crippen LogP) is 0.827. The van der Waals surface area contributed by atoms with Crippen LogP contribution in [0.25, 0.3) is 0 Å². The molecule has 0 unspecified atom stereocenters. The lowest BCUT2D eigenvalue weighted by Gasteiger charge is -2.28. The van der Waals surface area contributed by atoms with Gasteiger partial charge in [-0.05, 0) is 26.8 Å². The molecule has 0 spiro atoms. The van der Waals surface area contributed by atoms with Gasteiger partial charge in [0.05, 0.1) is 0 Å². The van der Waals surface area contributed by atoms with E-state index in [1.54, 1.807) is 0 Å². The van der Waals surface area contributed by atoms with Gasteiger partial charge in [0.15, 0.2) is 0 Å². The molecule has 1 rings (SSSR count). The van der Waals surface area contributed by atoms with Crippen LogP contribution in [-0.2, 0) is 4.74 Å². The van der Waals surface area contributed by atoms with Crippen LogP contribution in [0.4, 0.5) is 4.79 Å². The van der Waals surface area contributed by atoms with Crippen LogP contribution in [0.3, 0.4) is 0 Å². The van der Waals surface area contributed by atoms with E-state index in [1.807, 2.05) is 6.92 Å². The van der Waals surface area contributed by atoms with E-state index >= 15 is 0 Å². The van der Waals surface area contributed by atoms with Crippen molar-refractivity contribution in [1.29, 1.82) is 0 Å². The lowest BCUT2D eigenvalue weighted by Crippen LogP contribution is -2.37. The highest BCUT2D eigenvalue weighted by molar-refractivity contribution is 5.67. The molecule has 1 saturated heterocycles. The van der Waals surface area contributed by atoms with E-state index in [0.717, 1.165) is 25.9 Å². The Bertz CT molecular complexity index is 165. The Morgan fingerprint density at radius 1 is 1.54 bits per heavy atom. The third-order valence-electron chi connectivity index (χ3n) is 2.26. The summed E-state index contributed by atoms with van der Waals surface area (Å²) >= 11 is 0. The van der Waals surface area contributed by atoms with Gasteiger partial charge in [-0.15, -0.1) is 0 Å². The van der Waals surface area contributed by atoms with E-state index in [2.05, 4.69) is 17.3 Å². The lowest BCUT2D eigenvalue weighted by atomic mass is 10.1. The quantitative estimate of drug-likeness (QED) is 0.694. The summed E-state index contributed by atoms with van der Waals surface area (Å²) in [6.07, 6.45) is 1.74. The molecule has 1 N–H and O–H groups in total. The smallest absolute Gasteiger partial charge is 0.407 e. The summed E-state index contributed by atoms with van der Waals surface area (Å²) in [6, 6.07) is 0. The second-order valence-electron chi connectivity index (χ2n) is 3.44. The highest BCUT2D eigenvalue weighted by atomic mass is 16.6. The number of amides is 1. The molecule has 1 fully saturated rings. The minimum Gasteiger partial charge on any atom is -0.446 e. The molecule has 1 aliphatic rings. The highest BCUT2D eigenvalue weighted by Crippen LogP contribution is 2.11. The van der Waals surface area contributed by atoms with E-state index in [0.29, 0.717) is 6.54 Å². The molecule has 0 saturated carbocycles. The summed E-state index contributed by atoms with van der Waals surface area (Å²) < 4.78 is 5.20. The van der Waals surface area contributed by atoms with Gasteiger partial charge in [0.25, 0.3) is 0 Å². The largest absolute Gasteiger partial charge is 0.446 e. The zero-order chi connectivity index (χ0) is 9.68. The maximum atomic E-state index is 11.0. The van der Waals surface area contributed by atoms with E-state index in [-0.39, 0.29) is 12.2 Å². The maximum absolute atomic E-state index is 11.0. The van der Waals surface area contributed by atoms with Crippen LogP contribution in [0.15, 0.2) is 0 Å². The molecule has 1 heterocycles. The first-order chi connectivity index (χ1) is 6.22. The van der Waals surface area contributed by atoms with Crippen molar-refractivity contribution in [3.05, 3.63) is 0 Å². The molecule has 0 aromatic heterocycles. The number of nitrogens with zero attached hydrogens (tertiary/aromatic N) is 1. The van der Waals surface area contributed by atoms with Crippen molar-refractivity contribution in [2.75, 3.05) is 26.7 Å². The molecule has 0 aromatic rings. The van der Waals surface area contributed by atoms with Gasteiger partial charge in [-0.2, -0.15) is 0 Å². The van der Waals surface area contributed by atoms with Crippen molar-refractivity contribution in [3.63, 3.8) is 0 Å². The number of alkyl carbamates (subject to hydrolysis) is 1. The Morgan fingerprint density at radius 3 is 2.69 bits per heavy atom. The molecule has 4 nitrogen and oxygen atoms in total. The highest BCUT2D eigenvalue weighted by Gasteiger charge is 2.19. The third kappa shape index (κ3) is 3.63. The Kier molecular flexibility index (Phi) is 4.02. The molecule has 0 radical (unpaired) electrons. The molecule has 0 atom stereocenters. The van der Waals surface area contributed by atoms with Crippen LogP contribution in [0.2, 0.25) is 0 Å². The average Bonchev–Trinajstić information content (AvgIpc) is 2.09. The van der Waals surface area contributed by atoms with Crippen molar-refractivity contribution >= 4 is 6.09 Å². The molecule has 4 heteroatoms. The molecule has 0 bridgehead atoms. The van der Waals surface area contributed by atoms with Crippen molar-refractivity contribution in [1.82, 2.24) is 10.2 Å². The molecular formula is C9H18N2O2. The average molecular weight is 186 g/mol. The minimum atomic E-state index is -0.281. The topological polar surface area (TPSA) is 41.6 Å². The molecule has 76 valence electrons. The summed E-state index contributed by atoms with van der Waals surface area (Å²) in [7, 11) is 2.09. The monoisotopic (exact) mass is 186 g/mol. The number of carbonyl (C=O) groups is 1. The number of hydrogen-bond acceptors (Lipinski definition) is 3. The van der Waals surface area contributed by atoms with Gasteiger partial charge in [-0.3, -0.25) is 0 Å². The zero-order valence-electron chi connectivity index (χ0n) is 8.38. The van der Waals surface area contributed by atoms with Gasteiger partial charge in [0, 0.05) is 19.6 Å². The van der Waals surface area contributed by atoms with E-state index in [9.17, 15) is 4.79 Å². The first-order valence-corrected chi connectivity index (χ1v) is 4.85. The van der Waals surface area contributed by atoms with Crippen molar-refractivity contribution in [2.45, 2.75) is 25.9 Å². The number of ether oxygens (including phenoxy) is 1. The maximum Gasteiger partial charge on any atom is 0.407 e. The normalized spacial score (nSPS) is 19.8. The number of piperidine rings is 1. The second-order valence-corrected chi connectivity index (χ2v) is 3.44. The van der Waals surface area contributed by atoms with Gasteiger partial charge in [0.2, 0.25) is 0 Å². The van der Waals surface area contributed by atoms with Crippen LogP contribution >= 0.6 is 0 Å². The fourth-order valence-electron chi connectivity index (χ4n) is 1.44. The van der Waals surface area contributed by atoms with Crippen LogP contribution < -0.4 is 5.32 Å². The number of carbonyl (C=O) groups excluding carboxylic acids is 1. The zero-order valence-corrected chi connectivity index (χ0v) is 8.38. The van der Waals surface area contributed by atoms with Gasteiger partial charge in [-0.1, -0.05) is 0 Å². The van der Waals surface area contributed by atoms with E-state index < -0.39 is 0 Å². The SMILES string of the molecule is CCNC(=O)OC1CCN(C)CC1. The van der Waals surface area contributed by atoms with Gasteiger partial charge in [0.1, 0.15) is 6.10 Å². The van der Waals surface area contributed by atoms with Crippen LogP contribution in [0.5, 0.6) is 0 Å². The number of likely N-dealkylation sites (tertiary alicyclic amines) is 1. The standard InChI is InChI=1S/C9H18N2O2/c1-3-10-9(12)13-8-4-6-11(2)7-5-8/h8H,3-7H2,1-2H3,(H,10,12). The van der Waals surface area contributed by atoms with Crippen LogP contribution in [0.1, 0.15) is 19.8 Å². The van der Waals surface area contributed by atoms with Crippen LogP contribution in [0, 0.1) is 0 Å². The van der Waals surface area contributed by atoms with Gasteiger partial charge >= 0.3 is 6.09 Å². The molecule has 0 aliphatic carbocycles. The lowest BCUT2D eigenvalue weighted by molar-refractivity contribution is 0.0575. The van der Waals surface area contributed by atoms with Crippen molar-refractivity contribution < 1.29 is 9.53 Å². The van der Waals surface area contributed by atoms with Gasteiger partial charge in [-0.25, -0.2) is 4.79 Å². The van der Waals surface area contributed by atoms with Crippen LogP contribution in [-0.4, -0.2) is 43.8 Å². The number of hydrogen-bond donors (Lipinski definition) is 1. The first-order valence-electron chi connectivity index (χ1n) is 4.85. The number of nitrogens with one attached hydrogen (secondary N) is 1. The third-order valence-corrected chi connectivity index (χ3v) is 2.26. The predicted molar refractivity (Wildman–Crippen MR) is 50.7 cm³/mol. The Morgan fingerprint density at radius 2 is 2.15 bits per heavy atom. The molecule has 1 aliphatic heterocycles. The number of rotatable bonds is 2. The molecule has 0 aromatic carbocycles. The summed E-state index contributed by atoms with van der Waals surface area (Å²) in [5.74, 6) is 0. The summed E-state index contributed by atoms with van der Waals surface area (Å²) in [4.78, 5) is 13.3. The van der Waals surface area contributed by atoms with E-state index in [1.165, 1.54) is 0 Å². The molecule has 1 amide bonds. The summed E-state index contributed by atoms with van der Waals surface area (Å²) in [6.45, 7) is 4.55.